The van der Waals surface area contributed by atoms with Crippen molar-refractivity contribution in [2.45, 2.75) is 38.5 Å². The first-order valence-corrected chi connectivity index (χ1v) is 20.8. The third kappa shape index (κ3) is 5.53. The number of benzene rings is 9. The first-order valence-electron chi connectivity index (χ1n) is 20.8. The van der Waals surface area contributed by atoms with Crippen LogP contribution in [0.5, 0.6) is 0 Å². The maximum Gasteiger partial charge on any atom is 0.0546 e. The van der Waals surface area contributed by atoms with Gasteiger partial charge in [0, 0.05) is 27.6 Å². The minimum Gasteiger partial charge on any atom is -0.310 e. The Morgan fingerprint density at radius 1 is 0.305 bits per heavy atom. The van der Waals surface area contributed by atoms with Crippen LogP contribution in [0.25, 0.3) is 66.4 Å². The second-order valence-electron chi connectivity index (χ2n) is 17.3. The lowest BCUT2D eigenvalue weighted by Gasteiger charge is -2.30. The molecule has 59 heavy (non-hydrogen) atoms. The maximum atomic E-state index is 2.48. The molecule has 0 spiro atoms. The van der Waals surface area contributed by atoms with Gasteiger partial charge < -0.3 is 4.90 Å². The van der Waals surface area contributed by atoms with Crippen molar-refractivity contribution in [3.8, 4) is 55.6 Å². The molecule has 9 aromatic carbocycles. The molecule has 282 valence electrons. The molecule has 0 fully saturated rings. The van der Waals surface area contributed by atoms with Gasteiger partial charge in [-0.05, 0) is 126 Å². The van der Waals surface area contributed by atoms with Crippen LogP contribution in [0.4, 0.5) is 17.1 Å². The zero-order chi connectivity index (χ0) is 39.9. The molecule has 0 saturated heterocycles. The average Bonchev–Trinajstić information content (AvgIpc) is 3.66. The Kier molecular flexibility index (Phi) is 7.94. The Bertz CT molecular complexity index is 2980. The second-order valence-corrected chi connectivity index (χ2v) is 17.3. The van der Waals surface area contributed by atoms with E-state index in [0.717, 1.165) is 11.4 Å². The normalized spacial score (nSPS) is 14.0. The maximum absolute atomic E-state index is 2.48. The first-order chi connectivity index (χ1) is 28.8. The summed E-state index contributed by atoms with van der Waals surface area (Å²) in [4.78, 5) is 2.46. The quantitative estimate of drug-likeness (QED) is 0.163. The summed E-state index contributed by atoms with van der Waals surface area (Å²) in [6, 6.07) is 74.2. The fraction of sp³-hybridized carbons (Fsp3) is 0.103. The van der Waals surface area contributed by atoms with Crippen molar-refractivity contribution in [3.63, 3.8) is 0 Å². The van der Waals surface area contributed by atoms with Crippen molar-refractivity contribution in [1.29, 1.82) is 0 Å². The Balaban J connectivity index is 1.09. The van der Waals surface area contributed by atoms with Crippen molar-refractivity contribution in [2.24, 2.45) is 0 Å². The molecule has 1 nitrogen and oxygen atoms in total. The fourth-order valence-electron chi connectivity index (χ4n) is 10.2. The molecule has 0 heterocycles. The molecule has 0 bridgehead atoms. The molecule has 0 unspecified atom stereocenters. The molecule has 0 saturated carbocycles. The standard InChI is InChI=1S/C58H45N/c1-57(2)52-22-14-13-19-46(52)47-33-27-43(36-54(47)57)42-28-34-53-50(35-42)51-37-55(48-20-11-12-21-49(48)56(51)58(53,3)4)59(44-29-23-40(24-30-44)38-15-7-5-8-16-38)45-31-25-41(26-32-45)39-17-9-6-10-18-39/h5-37H,1-4H3. The van der Waals surface area contributed by atoms with E-state index in [1.54, 1.807) is 0 Å². The smallest absolute Gasteiger partial charge is 0.0546 e. The molecule has 0 aromatic heterocycles. The predicted octanol–water partition coefficient (Wildman–Crippen LogP) is 15.9. The highest BCUT2D eigenvalue weighted by Gasteiger charge is 2.39. The van der Waals surface area contributed by atoms with Gasteiger partial charge in [0.1, 0.15) is 0 Å². The van der Waals surface area contributed by atoms with Gasteiger partial charge in [0.25, 0.3) is 0 Å². The fourth-order valence-corrected chi connectivity index (χ4v) is 10.2. The van der Waals surface area contributed by atoms with Crippen molar-refractivity contribution < 1.29 is 0 Å². The van der Waals surface area contributed by atoms with E-state index in [9.17, 15) is 0 Å². The highest BCUT2D eigenvalue weighted by atomic mass is 15.1. The Morgan fingerprint density at radius 3 is 1.42 bits per heavy atom. The van der Waals surface area contributed by atoms with E-state index < -0.39 is 0 Å². The lowest BCUT2D eigenvalue weighted by Crippen LogP contribution is -2.16. The lowest BCUT2D eigenvalue weighted by atomic mass is 9.79. The molecule has 2 aliphatic rings. The molecule has 1 heteroatoms. The molecule has 2 aliphatic carbocycles. The predicted molar refractivity (Wildman–Crippen MR) is 250 cm³/mol. The molecule has 0 radical (unpaired) electrons. The van der Waals surface area contributed by atoms with Crippen LogP contribution in [0, 0.1) is 0 Å². The van der Waals surface area contributed by atoms with Gasteiger partial charge >= 0.3 is 0 Å². The topological polar surface area (TPSA) is 3.24 Å². The van der Waals surface area contributed by atoms with Gasteiger partial charge in [-0.1, -0.05) is 185 Å². The zero-order valence-corrected chi connectivity index (χ0v) is 34.0. The van der Waals surface area contributed by atoms with E-state index in [-0.39, 0.29) is 10.8 Å². The summed E-state index contributed by atoms with van der Waals surface area (Å²) >= 11 is 0. The van der Waals surface area contributed by atoms with Crippen LogP contribution in [0.2, 0.25) is 0 Å². The summed E-state index contributed by atoms with van der Waals surface area (Å²) in [6.45, 7) is 9.54. The molecular weight excluding hydrogens is 711 g/mol. The van der Waals surface area contributed by atoms with Gasteiger partial charge in [-0.3, -0.25) is 0 Å². The number of hydrogen-bond acceptors (Lipinski definition) is 1. The molecule has 0 amide bonds. The van der Waals surface area contributed by atoms with Crippen LogP contribution in [0.15, 0.2) is 200 Å². The van der Waals surface area contributed by atoms with Crippen LogP contribution in [-0.2, 0) is 10.8 Å². The SMILES string of the molecule is CC1(C)c2ccccc2-c2ccc(-c3ccc4c(c3)-c3cc(N(c5ccc(-c6ccccc6)cc5)c5ccc(-c6ccccc6)cc5)c5ccccc5c3C4(C)C)cc21. The Morgan fingerprint density at radius 2 is 0.780 bits per heavy atom. The average molecular weight is 756 g/mol. The monoisotopic (exact) mass is 755 g/mol. The van der Waals surface area contributed by atoms with Crippen molar-refractivity contribution >= 4 is 27.8 Å². The molecule has 11 rings (SSSR count). The summed E-state index contributed by atoms with van der Waals surface area (Å²) in [5.74, 6) is 0. The molecular formula is C58H45N. The van der Waals surface area contributed by atoms with Crippen LogP contribution in [0.1, 0.15) is 49.9 Å². The van der Waals surface area contributed by atoms with Crippen LogP contribution >= 0.6 is 0 Å². The molecule has 0 atom stereocenters. The van der Waals surface area contributed by atoms with E-state index in [0.29, 0.717) is 0 Å². The van der Waals surface area contributed by atoms with E-state index in [4.69, 9.17) is 0 Å². The van der Waals surface area contributed by atoms with Crippen molar-refractivity contribution in [2.75, 3.05) is 4.90 Å². The second kappa shape index (κ2) is 13.3. The molecule has 0 N–H and O–H groups in total. The number of fused-ring (bicyclic) bond motifs is 8. The van der Waals surface area contributed by atoms with Gasteiger partial charge in [0.15, 0.2) is 0 Å². The summed E-state index contributed by atoms with van der Waals surface area (Å²) in [7, 11) is 0. The minimum atomic E-state index is -0.178. The number of hydrogen-bond donors (Lipinski definition) is 0. The van der Waals surface area contributed by atoms with E-state index in [1.165, 1.54) is 94.3 Å². The Labute approximate surface area is 347 Å². The zero-order valence-electron chi connectivity index (χ0n) is 34.0. The summed E-state index contributed by atoms with van der Waals surface area (Å²) in [5, 5.41) is 2.54. The summed E-state index contributed by atoms with van der Waals surface area (Å²) < 4.78 is 0. The van der Waals surface area contributed by atoms with E-state index >= 15 is 0 Å². The number of nitrogens with zero attached hydrogens (tertiary/aromatic N) is 1. The number of anilines is 3. The van der Waals surface area contributed by atoms with Gasteiger partial charge in [-0.2, -0.15) is 0 Å². The van der Waals surface area contributed by atoms with Crippen molar-refractivity contribution in [3.05, 3.63) is 222 Å². The largest absolute Gasteiger partial charge is 0.310 e. The van der Waals surface area contributed by atoms with Gasteiger partial charge in [-0.15, -0.1) is 0 Å². The summed E-state index contributed by atoms with van der Waals surface area (Å²) in [5.41, 5.74) is 21.4. The lowest BCUT2D eigenvalue weighted by molar-refractivity contribution is 0.660. The summed E-state index contributed by atoms with van der Waals surface area (Å²) in [6.07, 6.45) is 0. The van der Waals surface area contributed by atoms with Crippen LogP contribution in [0.3, 0.4) is 0 Å². The van der Waals surface area contributed by atoms with Crippen LogP contribution in [-0.4, -0.2) is 0 Å². The van der Waals surface area contributed by atoms with Gasteiger partial charge in [0.05, 0.1) is 5.69 Å². The van der Waals surface area contributed by atoms with Crippen LogP contribution < -0.4 is 4.90 Å². The van der Waals surface area contributed by atoms with Gasteiger partial charge in [0.2, 0.25) is 0 Å². The van der Waals surface area contributed by atoms with E-state index in [2.05, 4.69) is 233 Å². The molecule has 0 aliphatic heterocycles. The third-order valence-corrected chi connectivity index (χ3v) is 13.3. The minimum absolute atomic E-state index is 0.0525. The van der Waals surface area contributed by atoms with Gasteiger partial charge in [-0.25, -0.2) is 0 Å². The first kappa shape index (κ1) is 35.2. The highest BCUT2D eigenvalue weighted by Crippen LogP contribution is 2.56. The highest BCUT2D eigenvalue weighted by molar-refractivity contribution is 6.07. The molecule has 9 aromatic rings. The third-order valence-electron chi connectivity index (χ3n) is 13.3. The van der Waals surface area contributed by atoms with E-state index in [1.807, 2.05) is 0 Å². The Hall–Kier alpha value is -6.96. The number of rotatable bonds is 6. The van der Waals surface area contributed by atoms with Crippen molar-refractivity contribution in [1.82, 2.24) is 0 Å².